The summed E-state index contributed by atoms with van der Waals surface area (Å²) in [5.74, 6) is 0.783. The minimum atomic E-state index is 0.169. The molecule has 1 saturated heterocycles. The summed E-state index contributed by atoms with van der Waals surface area (Å²) >= 11 is 0. The van der Waals surface area contributed by atoms with Crippen molar-refractivity contribution in [2.45, 2.75) is 39.7 Å². The summed E-state index contributed by atoms with van der Waals surface area (Å²) in [6.07, 6.45) is 11.9. The molecule has 134 valence electrons. The molecule has 0 aromatic carbocycles. The van der Waals surface area contributed by atoms with Gasteiger partial charge in [0.05, 0.1) is 0 Å². The molecule has 2 aliphatic heterocycles. The van der Waals surface area contributed by atoms with Gasteiger partial charge in [-0.05, 0) is 44.9 Å². The molecule has 0 bridgehead atoms. The number of anilines is 1. The molecule has 7 heteroatoms. The van der Waals surface area contributed by atoms with E-state index in [1.165, 1.54) is 0 Å². The van der Waals surface area contributed by atoms with Gasteiger partial charge in [-0.25, -0.2) is 0 Å². The first-order chi connectivity index (χ1) is 12.1. The van der Waals surface area contributed by atoms with E-state index in [0.29, 0.717) is 17.9 Å². The number of nitrogens with zero attached hydrogens (tertiary/aromatic N) is 5. The van der Waals surface area contributed by atoms with Crippen molar-refractivity contribution < 1.29 is 9.32 Å². The molecule has 7 nitrogen and oxygen atoms in total. The van der Waals surface area contributed by atoms with Crippen LogP contribution >= 0.6 is 0 Å². The monoisotopic (exact) mass is 343 g/mol. The zero-order valence-corrected chi connectivity index (χ0v) is 15.1. The van der Waals surface area contributed by atoms with Gasteiger partial charge in [-0.15, -0.1) is 0 Å². The van der Waals surface area contributed by atoms with Gasteiger partial charge in [0.2, 0.25) is 5.91 Å². The van der Waals surface area contributed by atoms with Gasteiger partial charge in [-0.2, -0.15) is 4.98 Å². The molecule has 0 spiro atoms. The van der Waals surface area contributed by atoms with Crippen molar-refractivity contribution in [3.05, 3.63) is 42.1 Å². The largest absolute Gasteiger partial charge is 0.371 e. The number of aromatic nitrogens is 2. The van der Waals surface area contributed by atoms with E-state index in [1.807, 2.05) is 35.2 Å². The van der Waals surface area contributed by atoms with Crippen molar-refractivity contribution in [3.63, 3.8) is 0 Å². The summed E-state index contributed by atoms with van der Waals surface area (Å²) in [6, 6.07) is 0.806. The van der Waals surface area contributed by atoms with Crippen LogP contribution in [0.3, 0.4) is 0 Å². The van der Waals surface area contributed by atoms with E-state index < -0.39 is 0 Å². The predicted molar refractivity (Wildman–Crippen MR) is 95.5 cm³/mol. The molecule has 0 saturated carbocycles. The van der Waals surface area contributed by atoms with E-state index in [-0.39, 0.29) is 5.91 Å². The number of carbonyl (C=O) groups excluding carboxylic acids is 1. The van der Waals surface area contributed by atoms with E-state index in [4.69, 9.17) is 4.52 Å². The highest BCUT2D eigenvalue weighted by Crippen LogP contribution is 2.22. The predicted octanol–water partition coefficient (Wildman–Crippen LogP) is 2.44. The third kappa shape index (κ3) is 3.92. The molecule has 0 aliphatic carbocycles. The topological polar surface area (TPSA) is 65.7 Å². The quantitative estimate of drug-likeness (QED) is 0.837. The second-order valence-corrected chi connectivity index (χ2v) is 6.30. The number of piperidine rings is 1. The number of rotatable bonds is 4. The van der Waals surface area contributed by atoms with Crippen LogP contribution in [0.25, 0.3) is 0 Å². The first-order valence-corrected chi connectivity index (χ1v) is 8.76. The van der Waals surface area contributed by atoms with Gasteiger partial charge >= 0.3 is 6.01 Å². The molecule has 1 fully saturated rings. The van der Waals surface area contributed by atoms with Crippen molar-refractivity contribution in [2.24, 2.45) is 0 Å². The van der Waals surface area contributed by atoms with Crippen molar-refractivity contribution in [1.29, 1.82) is 0 Å². The van der Waals surface area contributed by atoms with E-state index >= 15 is 0 Å². The van der Waals surface area contributed by atoms with Gasteiger partial charge in [0, 0.05) is 50.7 Å². The highest BCUT2D eigenvalue weighted by molar-refractivity contribution is 5.73. The summed E-state index contributed by atoms with van der Waals surface area (Å²) in [5, 5.41) is 3.82. The first kappa shape index (κ1) is 17.3. The van der Waals surface area contributed by atoms with E-state index in [1.54, 1.807) is 13.8 Å². The van der Waals surface area contributed by atoms with Crippen LogP contribution < -0.4 is 4.90 Å². The Morgan fingerprint density at radius 3 is 2.72 bits per heavy atom. The fourth-order valence-electron chi connectivity index (χ4n) is 3.40. The minimum absolute atomic E-state index is 0.169. The van der Waals surface area contributed by atoms with E-state index in [9.17, 15) is 4.79 Å². The Kier molecular flexibility index (Phi) is 5.21. The standard InChI is InChI=1S/C18H25N5O2/c1-4-23(15(3)24)17-8-11-21(12-9-17)16-6-5-10-22(13-7-16)18-19-14(2)20-25-18/h5-7,10,13,17H,4,8-9,11-12H2,1-3H3. The molecule has 25 heavy (non-hydrogen) atoms. The van der Waals surface area contributed by atoms with Gasteiger partial charge in [-0.1, -0.05) is 5.16 Å². The summed E-state index contributed by atoms with van der Waals surface area (Å²) in [7, 11) is 0. The van der Waals surface area contributed by atoms with Crippen LogP contribution in [0.4, 0.5) is 6.01 Å². The molecular weight excluding hydrogens is 318 g/mol. The minimum Gasteiger partial charge on any atom is -0.371 e. The van der Waals surface area contributed by atoms with Crippen molar-refractivity contribution in [3.8, 4) is 0 Å². The average molecular weight is 343 g/mol. The van der Waals surface area contributed by atoms with Crippen LogP contribution in [0.15, 0.2) is 40.8 Å². The molecule has 0 radical (unpaired) electrons. The molecule has 2 aliphatic rings. The summed E-state index contributed by atoms with van der Waals surface area (Å²) in [4.78, 5) is 22.1. The summed E-state index contributed by atoms with van der Waals surface area (Å²) in [6.45, 7) is 8.17. The van der Waals surface area contributed by atoms with Gasteiger partial charge < -0.3 is 14.3 Å². The smallest absolute Gasteiger partial charge is 0.332 e. The Morgan fingerprint density at radius 1 is 1.36 bits per heavy atom. The van der Waals surface area contributed by atoms with E-state index in [0.717, 1.165) is 38.2 Å². The second-order valence-electron chi connectivity index (χ2n) is 6.30. The maximum Gasteiger partial charge on any atom is 0.332 e. The van der Waals surface area contributed by atoms with Gasteiger partial charge in [0.25, 0.3) is 0 Å². The van der Waals surface area contributed by atoms with Crippen molar-refractivity contribution >= 4 is 11.9 Å². The number of carbonyl (C=O) groups is 1. The Bertz CT molecular complexity index is 698. The van der Waals surface area contributed by atoms with Crippen LogP contribution in [0, 0.1) is 6.92 Å². The highest BCUT2D eigenvalue weighted by atomic mass is 16.5. The molecular formula is C18H25N5O2. The lowest BCUT2D eigenvalue weighted by Gasteiger charge is -2.39. The number of hydrogen-bond donors (Lipinski definition) is 0. The molecule has 3 heterocycles. The van der Waals surface area contributed by atoms with Crippen LogP contribution in [-0.4, -0.2) is 51.5 Å². The number of aryl methyl sites for hydroxylation is 1. The molecule has 1 amide bonds. The number of likely N-dealkylation sites (tertiary alicyclic amines) is 1. The van der Waals surface area contributed by atoms with Crippen LogP contribution in [0.1, 0.15) is 32.5 Å². The first-order valence-electron chi connectivity index (χ1n) is 8.76. The number of amides is 1. The van der Waals surface area contributed by atoms with Crippen LogP contribution in [0.2, 0.25) is 0 Å². The lowest BCUT2D eigenvalue weighted by Crippen LogP contribution is -2.46. The average Bonchev–Trinajstić information content (AvgIpc) is 2.89. The Hall–Kier alpha value is -2.57. The SMILES string of the molecule is CCN(C(C)=O)C1CCN(C2=CC=CN(c3nc(C)no3)C=C2)CC1. The lowest BCUT2D eigenvalue weighted by molar-refractivity contribution is -0.131. The zero-order chi connectivity index (χ0) is 17.8. The molecule has 1 aromatic heterocycles. The summed E-state index contributed by atoms with van der Waals surface area (Å²) < 4.78 is 5.20. The van der Waals surface area contributed by atoms with Gasteiger partial charge in [-0.3, -0.25) is 9.69 Å². The fourth-order valence-corrected chi connectivity index (χ4v) is 3.40. The van der Waals surface area contributed by atoms with Gasteiger partial charge in [0.1, 0.15) is 0 Å². The fraction of sp³-hybridized carbons (Fsp3) is 0.500. The highest BCUT2D eigenvalue weighted by Gasteiger charge is 2.25. The number of hydrogen-bond acceptors (Lipinski definition) is 6. The number of allylic oxidation sites excluding steroid dienone is 3. The van der Waals surface area contributed by atoms with E-state index in [2.05, 4.69) is 27.2 Å². The molecule has 0 unspecified atom stereocenters. The third-order valence-corrected chi connectivity index (χ3v) is 4.67. The lowest BCUT2D eigenvalue weighted by atomic mass is 10.0. The second kappa shape index (κ2) is 7.55. The maximum absolute atomic E-state index is 11.7. The Balaban J connectivity index is 1.61. The molecule has 0 N–H and O–H groups in total. The summed E-state index contributed by atoms with van der Waals surface area (Å²) in [5.41, 5.74) is 1.15. The van der Waals surface area contributed by atoms with Crippen LogP contribution in [-0.2, 0) is 4.79 Å². The van der Waals surface area contributed by atoms with Crippen molar-refractivity contribution in [2.75, 3.05) is 24.5 Å². The zero-order valence-electron chi connectivity index (χ0n) is 15.1. The Labute approximate surface area is 148 Å². The van der Waals surface area contributed by atoms with Gasteiger partial charge in [0.15, 0.2) is 5.82 Å². The maximum atomic E-state index is 11.7. The molecule has 3 rings (SSSR count). The normalized spacial score (nSPS) is 18.3. The third-order valence-electron chi connectivity index (χ3n) is 4.67. The molecule has 1 aromatic rings. The van der Waals surface area contributed by atoms with Crippen LogP contribution in [0.5, 0.6) is 0 Å². The van der Waals surface area contributed by atoms with Crippen molar-refractivity contribution in [1.82, 2.24) is 19.9 Å². The Morgan fingerprint density at radius 2 is 2.12 bits per heavy atom. The molecule has 0 atom stereocenters.